The van der Waals surface area contributed by atoms with E-state index in [2.05, 4.69) is 77.6 Å². The molecule has 4 aromatic carbocycles. The number of anilines is 1. The fraction of sp³-hybridized carbons (Fsp3) is 0.304. The molecule has 282 valence electrons. The van der Waals surface area contributed by atoms with E-state index in [1.165, 1.54) is 30.5 Å². The van der Waals surface area contributed by atoms with Gasteiger partial charge in [-0.1, -0.05) is 17.7 Å². The molecule has 0 unspecified atom stereocenters. The van der Waals surface area contributed by atoms with Crippen LogP contribution in [0.25, 0.3) is 41.6 Å². The topological polar surface area (TPSA) is 88.3 Å². The van der Waals surface area contributed by atoms with Gasteiger partial charge in [0.15, 0.2) is 0 Å². The molecular formula is C46H50N5O3Se+. The van der Waals surface area contributed by atoms with Crippen molar-refractivity contribution >= 4 is 63.5 Å². The Morgan fingerprint density at radius 3 is 2.31 bits per heavy atom. The number of ether oxygens (including phenoxy) is 1. The molecule has 0 fully saturated rings. The Morgan fingerprint density at radius 2 is 1.56 bits per heavy atom. The van der Waals surface area contributed by atoms with E-state index in [1.54, 1.807) is 11.7 Å². The third-order valence-electron chi connectivity index (χ3n) is 10.6. The van der Waals surface area contributed by atoms with E-state index in [9.17, 15) is 9.59 Å². The van der Waals surface area contributed by atoms with Gasteiger partial charge < -0.3 is 4.74 Å². The molecule has 2 N–H and O–H groups in total. The van der Waals surface area contributed by atoms with Crippen molar-refractivity contribution in [2.75, 3.05) is 38.6 Å². The number of fused-ring (bicyclic) bond motifs is 5. The van der Waals surface area contributed by atoms with E-state index in [-0.39, 0.29) is 32.7 Å². The van der Waals surface area contributed by atoms with Crippen LogP contribution in [0.4, 0.5) is 5.69 Å². The number of carbonyl (C=O) groups excluding carboxylic acids is 2. The van der Waals surface area contributed by atoms with Gasteiger partial charge in [0, 0.05) is 16.6 Å². The summed E-state index contributed by atoms with van der Waals surface area (Å²) in [6.45, 7) is 11.8. The number of benzene rings is 5. The van der Waals surface area contributed by atoms with Crippen LogP contribution in [-0.2, 0) is 11.2 Å². The van der Waals surface area contributed by atoms with Crippen LogP contribution >= 0.6 is 0 Å². The molecule has 8 nitrogen and oxygen atoms in total. The third kappa shape index (κ3) is 8.10. The van der Waals surface area contributed by atoms with E-state index >= 15 is 0 Å². The Bertz CT molecular complexity index is 2540. The first kappa shape index (κ1) is 38.1. The molecule has 0 bridgehead atoms. The normalized spacial score (nSPS) is 11.4. The van der Waals surface area contributed by atoms with Gasteiger partial charge in [-0.2, -0.15) is 0 Å². The predicted molar refractivity (Wildman–Crippen MR) is 227 cm³/mol. The number of aromatic nitrogens is 2. The number of rotatable bonds is 14. The molecule has 1 aromatic heterocycles. The van der Waals surface area contributed by atoms with Crippen molar-refractivity contribution < 1.29 is 14.3 Å². The van der Waals surface area contributed by atoms with Gasteiger partial charge in [0.25, 0.3) is 5.91 Å². The molecular weight excluding hydrogens is 749 g/mol. The van der Waals surface area contributed by atoms with Crippen molar-refractivity contribution in [3.63, 3.8) is 0 Å². The first-order valence-electron chi connectivity index (χ1n) is 19.4. The zero-order valence-corrected chi connectivity index (χ0v) is 34.2. The number of unbranched alkanes of at least 4 members (excludes halogenated alkanes) is 3. The quantitative estimate of drug-likeness (QED) is 0.0384. The zero-order chi connectivity index (χ0) is 38.5. The van der Waals surface area contributed by atoms with E-state index in [0.717, 1.165) is 84.3 Å². The summed E-state index contributed by atoms with van der Waals surface area (Å²) < 4.78 is 12.3. The number of hydrogen-bond donors (Lipinski definition) is 2. The SMILES string of the molecule is CC[N+](CC)=c1ccc2nc3c(cc(NCCCCCCNC(=O)Cc4c(C)n(C(=O)c5ccc(C)cc5)c5ccc(OC)cc45)c4ccccc43)[se]c-2c1. The summed E-state index contributed by atoms with van der Waals surface area (Å²) in [5.41, 5.74) is 7.48. The molecule has 55 heavy (non-hydrogen) atoms. The van der Waals surface area contributed by atoms with Gasteiger partial charge in [-0.3, -0.25) is 14.2 Å². The van der Waals surface area contributed by atoms with Crippen LogP contribution in [0.1, 0.15) is 66.7 Å². The summed E-state index contributed by atoms with van der Waals surface area (Å²) in [6.07, 6.45) is 4.24. The average Bonchev–Trinajstić information content (AvgIpc) is 3.47. The van der Waals surface area contributed by atoms with Crippen LogP contribution in [0.15, 0.2) is 91.0 Å². The summed E-state index contributed by atoms with van der Waals surface area (Å²) in [6, 6.07) is 30.9. The second-order valence-corrected chi connectivity index (χ2v) is 16.4. The van der Waals surface area contributed by atoms with Crippen LogP contribution in [0.5, 0.6) is 5.75 Å². The monoisotopic (exact) mass is 800 g/mol. The molecule has 0 saturated carbocycles. The van der Waals surface area contributed by atoms with Crippen LogP contribution in [0.2, 0.25) is 0 Å². The molecule has 0 radical (unpaired) electrons. The van der Waals surface area contributed by atoms with E-state index < -0.39 is 0 Å². The van der Waals surface area contributed by atoms with E-state index in [0.29, 0.717) is 17.9 Å². The average molecular weight is 800 g/mol. The molecule has 9 heteroatoms. The minimum atomic E-state index is -0.111. The Balaban J connectivity index is 0.951. The number of nitrogens with one attached hydrogen (secondary N) is 2. The van der Waals surface area contributed by atoms with Crippen molar-refractivity contribution in [1.82, 2.24) is 19.4 Å². The molecule has 0 atom stereocenters. The first-order chi connectivity index (χ1) is 26.8. The molecule has 2 aliphatic rings. The van der Waals surface area contributed by atoms with Gasteiger partial charge in [-0.05, 0) is 49.7 Å². The molecule has 7 rings (SSSR count). The summed E-state index contributed by atoms with van der Waals surface area (Å²) in [5.74, 6) is 0.532. The summed E-state index contributed by atoms with van der Waals surface area (Å²) in [4.78, 5) is 32.1. The molecule has 0 spiro atoms. The van der Waals surface area contributed by atoms with E-state index in [4.69, 9.17) is 9.72 Å². The molecule has 1 aliphatic heterocycles. The van der Waals surface area contributed by atoms with Crippen molar-refractivity contribution in [3.8, 4) is 15.9 Å². The minimum absolute atomic E-state index is 0.0473. The van der Waals surface area contributed by atoms with Gasteiger partial charge in [0.1, 0.15) is 5.75 Å². The number of aryl methyl sites for hydroxylation is 1. The van der Waals surface area contributed by atoms with Crippen LogP contribution < -0.4 is 25.3 Å². The maximum atomic E-state index is 13.7. The van der Waals surface area contributed by atoms with Gasteiger partial charge >= 0.3 is 197 Å². The van der Waals surface area contributed by atoms with Crippen molar-refractivity contribution in [3.05, 3.63) is 119 Å². The van der Waals surface area contributed by atoms with E-state index in [1.807, 2.05) is 56.3 Å². The van der Waals surface area contributed by atoms with Gasteiger partial charge in [0.2, 0.25) is 0 Å². The zero-order valence-electron chi connectivity index (χ0n) is 32.5. The standard InChI is InChI=1S/C46H49N5O3Se/c1-6-50(7-2)33-20-22-39-42(26-33)55-43-29-40(35-14-10-11-15-36(35)45(43)49-39)47-24-12-8-9-13-25-48-44(52)28-37-31(4)51(41-23-21-34(54-5)27-38(37)41)46(53)32-18-16-30(3)17-19-32/h10-11,14-23,26-27,29H,6-9,12-13,24-25,28H2,1-5H3,(H,48,52)/p+1. The number of amides is 1. The molecule has 1 aliphatic carbocycles. The second-order valence-electron chi connectivity index (χ2n) is 14.2. The Labute approximate surface area is 329 Å². The van der Waals surface area contributed by atoms with Crippen molar-refractivity contribution in [2.24, 2.45) is 0 Å². The van der Waals surface area contributed by atoms with Gasteiger partial charge in [-0.15, -0.1) is 0 Å². The number of carbonyl (C=O) groups is 2. The fourth-order valence-electron chi connectivity index (χ4n) is 7.55. The summed E-state index contributed by atoms with van der Waals surface area (Å²) >= 11 is 0.169. The second kappa shape index (κ2) is 17.1. The maximum absolute atomic E-state index is 13.7. The number of hydrogen-bond acceptors (Lipinski definition) is 5. The summed E-state index contributed by atoms with van der Waals surface area (Å²) in [5, 5.41) is 11.4. The molecule has 2 heterocycles. The number of methoxy groups -OCH3 is 1. The van der Waals surface area contributed by atoms with Crippen molar-refractivity contribution in [2.45, 2.75) is 59.8 Å². The molecule has 0 saturated heterocycles. The fourth-order valence-corrected chi connectivity index (χ4v) is 9.78. The predicted octanol–water partition coefficient (Wildman–Crippen LogP) is 7.96. The van der Waals surface area contributed by atoms with Gasteiger partial charge in [0.05, 0.1) is 19.0 Å². The Kier molecular flexibility index (Phi) is 11.8. The summed E-state index contributed by atoms with van der Waals surface area (Å²) in [7, 11) is 1.62. The molecule has 1 amide bonds. The Morgan fingerprint density at radius 1 is 0.818 bits per heavy atom. The molecule has 5 aromatic rings. The first-order valence-corrected chi connectivity index (χ1v) is 21.1. The van der Waals surface area contributed by atoms with Crippen molar-refractivity contribution in [1.29, 1.82) is 0 Å². The van der Waals surface area contributed by atoms with Crippen LogP contribution in [0.3, 0.4) is 0 Å². The third-order valence-corrected chi connectivity index (χ3v) is 12.9. The van der Waals surface area contributed by atoms with Crippen LogP contribution in [0, 0.1) is 13.8 Å². The Hall–Kier alpha value is -5.24. The number of nitrogens with zero attached hydrogens (tertiary/aromatic N) is 3. The van der Waals surface area contributed by atoms with Crippen LogP contribution in [-0.4, -0.2) is 69.2 Å². The van der Waals surface area contributed by atoms with Gasteiger partial charge in [-0.25, -0.2) is 0 Å².